The predicted molar refractivity (Wildman–Crippen MR) is 71.6 cm³/mol. The second-order valence-corrected chi connectivity index (χ2v) is 5.99. The number of aliphatic hydroxyl groups is 1. The van der Waals surface area contributed by atoms with E-state index in [1.165, 1.54) is 0 Å². The van der Waals surface area contributed by atoms with Gasteiger partial charge in [0.05, 0.1) is 9.95 Å². The van der Waals surface area contributed by atoms with E-state index in [-0.39, 0.29) is 11.4 Å². The van der Waals surface area contributed by atoms with Gasteiger partial charge in [0.2, 0.25) is 10.0 Å². The summed E-state index contributed by atoms with van der Waals surface area (Å²) in [4.78, 5) is 20.1. The highest BCUT2D eigenvalue weighted by molar-refractivity contribution is 7.89. The Morgan fingerprint density at radius 3 is 2.57 bits per heavy atom. The van der Waals surface area contributed by atoms with Gasteiger partial charge in [-0.15, -0.1) is 0 Å². The minimum Gasteiger partial charge on any atom is -0.480 e. The van der Waals surface area contributed by atoms with E-state index in [1.54, 1.807) is 0 Å². The van der Waals surface area contributed by atoms with E-state index in [2.05, 4.69) is 0 Å². The number of aliphatic carboxylic acids is 1. The number of hydrogen-bond donors (Lipinski definition) is 3. The molecule has 0 aliphatic carbocycles. The molecule has 11 heteroatoms. The summed E-state index contributed by atoms with van der Waals surface area (Å²) in [7, 11) is -4.39. The van der Waals surface area contributed by atoms with Gasteiger partial charge < -0.3 is 10.2 Å². The lowest BCUT2D eigenvalue weighted by Crippen LogP contribution is -2.41. The van der Waals surface area contributed by atoms with Crippen LogP contribution in [0.5, 0.6) is 0 Å². The second-order valence-electron chi connectivity index (χ2n) is 3.90. The van der Waals surface area contributed by atoms with Crippen molar-refractivity contribution >= 4 is 33.3 Å². The van der Waals surface area contributed by atoms with Gasteiger partial charge in [-0.2, -0.15) is 4.72 Å². The summed E-state index contributed by atoms with van der Waals surface area (Å²) < 4.78 is 25.9. The summed E-state index contributed by atoms with van der Waals surface area (Å²) in [6.45, 7) is -0.553. The van der Waals surface area contributed by atoms with Crippen LogP contribution in [0, 0.1) is 10.1 Å². The van der Waals surface area contributed by atoms with Crippen LogP contribution < -0.4 is 4.72 Å². The average molecular weight is 339 g/mol. The first-order chi connectivity index (χ1) is 9.69. The first-order valence-corrected chi connectivity index (χ1v) is 7.35. The highest BCUT2D eigenvalue weighted by Crippen LogP contribution is 2.26. The number of hydrogen-bond acceptors (Lipinski definition) is 6. The molecule has 0 fully saturated rings. The molecular formula is C10H11ClN2O7S. The molecule has 9 nitrogen and oxygen atoms in total. The molecule has 0 spiro atoms. The monoisotopic (exact) mass is 338 g/mol. The zero-order chi connectivity index (χ0) is 16.2. The molecule has 0 aliphatic rings. The molecule has 0 aromatic heterocycles. The van der Waals surface area contributed by atoms with Gasteiger partial charge >= 0.3 is 5.97 Å². The summed E-state index contributed by atoms with van der Waals surface area (Å²) in [5, 5.41) is 27.9. The Bertz CT molecular complexity index is 661. The van der Waals surface area contributed by atoms with Crippen molar-refractivity contribution in [2.24, 2.45) is 0 Å². The number of nitrogens with zero attached hydrogens (tertiary/aromatic N) is 1. The van der Waals surface area contributed by atoms with E-state index < -0.39 is 44.1 Å². The number of carboxylic acids is 1. The molecule has 0 unspecified atom stereocenters. The lowest BCUT2D eigenvalue weighted by atomic mass is 10.2. The highest BCUT2D eigenvalue weighted by Gasteiger charge is 2.28. The van der Waals surface area contributed by atoms with Crippen molar-refractivity contribution < 1.29 is 28.3 Å². The third-order valence-corrected chi connectivity index (χ3v) is 4.38. The van der Waals surface area contributed by atoms with Crippen molar-refractivity contribution in [1.29, 1.82) is 0 Å². The number of rotatable bonds is 7. The summed E-state index contributed by atoms with van der Waals surface area (Å²) in [5.41, 5.74) is -0.506. The number of sulfonamides is 1. The molecule has 0 saturated carbocycles. The van der Waals surface area contributed by atoms with Gasteiger partial charge in [-0.1, -0.05) is 11.6 Å². The lowest BCUT2D eigenvalue weighted by Gasteiger charge is -2.14. The Balaban J connectivity index is 3.21. The summed E-state index contributed by atoms with van der Waals surface area (Å²) >= 11 is 5.69. The second kappa shape index (κ2) is 6.80. The maximum absolute atomic E-state index is 12.1. The molecule has 0 radical (unpaired) electrons. The SMILES string of the molecule is O=C(O)[C@@H](CCO)NS(=O)(=O)c1cc([N+](=O)[O-])ccc1Cl. The minimum absolute atomic E-state index is 0.291. The Labute approximate surface area is 124 Å². The summed E-state index contributed by atoms with van der Waals surface area (Å²) in [6, 6.07) is 1.19. The Morgan fingerprint density at radius 2 is 2.10 bits per heavy atom. The number of nitro benzene ring substituents is 1. The van der Waals surface area contributed by atoms with E-state index >= 15 is 0 Å². The number of nitrogens with one attached hydrogen (secondary N) is 1. The van der Waals surface area contributed by atoms with E-state index in [9.17, 15) is 23.3 Å². The summed E-state index contributed by atoms with van der Waals surface area (Å²) in [6.07, 6.45) is -0.360. The van der Waals surface area contributed by atoms with E-state index in [0.29, 0.717) is 0 Å². The zero-order valence-corrected chi connectivity index (χ0v) is 12.0. The predicted octanol–water partition coefficient (Wildman–Crippen LogP) is 0.362. The van der Waals surface area contributed by atoms with Crippen molar-refractivity contribution in [3.05, 3.63) is 33.3 Å². The largest absolute Gasteiger partial charge is 0.480 e. The molecule has 116 valence electrons. The molecule has 0 aliphatic heterocycles. The van der Waals surface area contributed by atoms with Gasteiger partial charge in [0.15, 0.2) is 0 Å². The quantitative estimate of drug-likeness (QED) is 0.480. The van der Waals surface area contributed by atoms with Gasteiger partial charge in [-0.05, 0) is 12.5 Å². The van der Waals surface area contributed by atoms with Crippen LogP contribution in [0.2, 0.25) is 5.02 Å². The van der Waals surface area contributed by atoms with Crippen LogP contribution >= 0.6 is 11.6 Å². The summed E-state index contributed by atoms with van der Waals surface area (Å²) in [5.74, 6) is -1.49. The van der Waals surface area contributed by atoms with Gasteiger partial charge in [-0.25, -0.2) is 8.42 Å². The van der Waals surface area contributed by atoms with Gasteiger partial charge in [0, 0.05) is 18.7 Å². The standard InChI is InChI=1S/C10H11ClN2O7S/c11-7-2-1-6(13(17)18)5-9(7)21(19,20)12-8(3-4-14)10(15)16/h1-2,5,8,12,14H,3-4H2,(H,15,16)/t8-/m1/s1. The fraction of sp³-hybridized carbons (Fsp3) is 0.300. The van der Waals surface area contributed by atoms with Crippen LogP contribution in [0.4, 0.5) is 5.69 Å². The third kappa shape index (κ3) is 4.36. The Hall–Kier alpha value is -1.75. The topological polar surface area (TPSA) is 147 Å². The Morgan fingerprint density at radius 1 is 1.48 bits per heavy atom. The lowest BCUT2D eigenvalue weighted by molar-refractivity contribution is -0.385. The maximum atomic E-state index is 12.1. The van der Waals surface area contributed by atoms with Crippen molar-refractivity contribution in [1.82, 2.24) is 4.72 Å². The number of nitro groups is 1. The number of carboxylic acid groups (broad SMARTS) is 1. The van der Waals surface area contributed by atoms with Crippen molar-refractivity contribution in [2.75, 3.05) is 6.61 Å². The maximum Gasteiger partial charge on any atom is 0.321 e. The molecular weight excluding hydrogens is 328 g/mol. The average Bonchev–Trinajstić information content (AvgIpc) is 2.37. The molecule has 3 N–H and O–H groups in total. The molecule has 1 aromatic rings. The van der Waals surface area contributed by atoms with Crippen molar-refractivity contribution in [2.45, 2.75) is 17.4 Å². The smallest absolute Gasteiger partial charge is 0.321 e. The molecule has 0 bridgehead atoms. The van der Waals surface area contributed by atoms with Crippen molar-refractivity contribution in [3.63, 3.8) is 0 Å². The van der Waals surface area contributed by atoms with E-state index in [1.807, 2.05) is 4.72 Å². The van der Waals surface area contributed by atoms with Crippen LogP contribution in [0.1, 0.15) is 6.42 Å². The van der Waals surface area contributed by atoms with E-state index in [0.717, 1.165) is 18.2 Å². The molecule has 0 heterocycles. The fourth-order valence-electron chi connectivity index (χ4n) is 1.42. The zero-order valence-electron chi connectivity index (χ0n) is 10.4. The number of carbonyl (C=O) groups is 1. The van der Waals surface area contributed by atoms with Crippen LogP contribution in [0.25, 0.3) is 0 Å². The van der Waals surface area contributed by atoms with Crippen LogP contribution in [0.15, 0.2) is 23.1 Å². The van der Waals surface area contributed by atoms with E-state index in [4.69, 9.17) is 21.8 Å². The van der Waals surface area contributed by atoms with Crippen LogP contribution in [-0.2, 0) is 14.8 Å². The number of aliphatic hydroxyl groups excluding tert-OH is 1. The molecule has 1 atom stereocenters. The minimum atomic E-state index is -4.39. The Kier molecular flexibility index (Phi) is 5.61. The fourth-order valence-corrected chi connectivity index (χ4v) is 3.17. The number of halogens is 1. The third-order valence-electron chi connectivity index (χ3n) is 2.43. The first-order valence-electron chi connectivity index (χ1n) is 5.49. The van der Waals surface area contributed by atoms with Gasteiger partial charge in [0.1, 0.15) is 10.9 Å². The normalized spacial score (nSPS) is 12.9. The molecule has 1 aromatic carbocycles. The number of benzene rings is 1. The molecule has 0 saturated heterocycles. The van der Waals surface area contributed by atoms with Crippen LogP contribution in [0.3, 0.4) is 0 Å². The molecule has 21 heavy (non-hydrogen) atoms. The number of non-ortho nitro benzene ring substituents is 1. The highest BCUT2D eigenvalue weighted by atomic mass is 35.5. The van der Waals surface area contributed by atoms with Gasteiger partial charge in [0.25, 0.3) is 5.69 Å². The molecule has 1 rings (SSSR count). The van der Waals surface area contributed by atoms with Gasteiger partial charge in [-0.3, -0.25) is 14.9 Å². The van der Waals surface area contributed by atoms with Crippen molar-refractivity contribution in [3.8, 4) is 0 Å². The first kappa shape index (κ1) is 17.3. The van der Waals surface area contributed by atoms with Crippen LogP contribution in [-0.4, -0.2) is 42.2 Å². The molecule has 0 amide bonds.